The van der Waals surface area contributed by atoms with Gasteiger partial charge in [-0.2, -0.15) is 0 Å². The van der Waals surface area contributed by atoms with Gasteiger partial charge in [0.05, 0.1) is 0 Å². The normalized spacial score (nSPS) is 10.7. The van der Waals surface area contributed by atoms with Gasteiger partial charge in [-0.25, -0.2) is 0 Å². The van der Waals surface area contributed by atoms with E-state index in [4.69, 9.17) is 0 Å². The quantitative estimate of drug-likeness (QED) is 0.429. The van der Waals surface area contributed by atoms with Crippen molar-refractivity contribution in [1.29, 1.82) is 0 Å². The number of aryl methyl sites for hydroxylation is 1. The highest BCUT2D eigenvalue weighted by atomic mass is 15.0. The van der Waals surface area contributed by atoms with Crippen LogP contribution in [0.2, 0.25) is 0 Å². The Morgan fingerprint density at radius 1 is 0.542 bits per heavy atom. The van der Waals surface area contributed by atoms with Crippen LogP contribution in [0.15, 0.2) is 97.3 Å². The lowest BCUT2D eigenvalue weighted by atomic mass is 9.99. The maximum Gasteiger partial charge on any atom is 0.0479 e. The van der Waals surface area contributed by atoms with E-state index < -0.39 is 0 Å². The first kappa shape index (κ1) is 14.5. The first-order valence-electron chi connectivity index (χ1n) is 8.22. The van der Waals surface area contributed by atoms with Crippen molar-refractivity contribution in [2.75, 3.05) is 0 Å². The van der Waals surface area contributed by atoms with Crippen LogP contribution in [0.25, 0.3) is 27.9 Å². The zero-order chi connectivity index (χ0) is 16.4. The largest absolute Gasteiger partial charge is 0.322 e. The van der Waals surface area contributed by atoms with Crippen molar-refractivity contribution in [2.45, 2.75) is 6.92 Å². The summed E-state index contributed by atoms with van der Waals surface area (Å²) in [4.78, 5) is 0. The van der Waals surface area contributed by atoms with Crippen molar-refractivity contribution in [3.05, 3.63) is 103 Å². The Morgan fingerprint density at radius 3 is 1.50 bits per heavy atom. The van der Waals surface area contributed by atoms with Crippen molar-refractivity contribution in [3.63, 3.8) is 0 Å². The fourth-order valence-corrected chi connectivity index (χ4v) is 3.14. The summed E-state index contributed by atoms with van der Waals surface area (Å²) in [6.07, 6.45) is 4.47. The van der Waals surface area contributed by atoms with Gasteiger partial charge in [0.2, 0.25) is 0 Å². The Labute approximate surface area is 142 Å². The van der Waals surface area contributed by atoms with E-state index in [1.54, 1.807) is 0 Å². The summed E-state index contributed by atoms with van der Waals surface area (Å²) < 4.78 is 2.24. The number of hydrogen-bond donors (Lipinski definition) is 0. The minimum atomic E-state index is 1.22. The zero-order valence-electron chi connectivity index (χ0n) is 13.7. The van der Waals surface area contributed by atoms with Crippen LogP contribution >= 0.6 is 0 Å². The fourth-order valence-electron chi connectivity index (χ4n) is 3.14. The minimum Gasteiger partial charge on any atom is -0.322 e. The van der Waals surface area contributed by atoms with Crippen LogP contribution in [0.3, 0.4) is 0 Å². The van der Waals surface area contributed by atoms with Crippen LogP contribution in [0.1, 0.15) is 5.56 Å². The van der Waals surface area contributed by atoms with E-state index in [1.807, 2.05) is 0 Å². The van der Waals surface area contributed by atoms with Crippen LogP contribution in [-0.4, -0.2) is 4.57 Å². The number of rotatable bonds is 3. The summed E-state index contributed by atoms with van der Waals surface area (Å²) in [6.45, 7) is 2.15. The number of nitrogens with zero attached hydrogens (tertiary/aromatic N) is 1. The molecule has 0 radical (unpaired) electrons. The predicted octanol–water partition coefficient (Wildman–Crippen LogP) is 6.12. The van der Waals surface area contributed by atoms with Crippen molar-refractivity contribution in [1.82, 2.24) is 4.57 Å². The second-order valence-electron chi connectivity index (χ2n) is 6.01. The van der Waals surface area contributed by atoms with Crippen molar-refractivity contribution in [2.24, 2.45) is 0 Å². The average Bonchev–Trinajstić information content (AvgIpc) is 3.09. The Hall–Kier alpha value is -3.06. The molecule has 0 amide bonds. The molecular weight excluding hydrogens is 290 g/mol. The molecule has 116 valence electrons. The standard InChI is InChI=1S/C23H19N/c1-18-10-8-9-15-23(18)24-16-21(19-11-4-2-5-12-19)22(17-24)20-13-6-3-7-14-20/h2-17H,1H3. The molecule has 0 saturated heterocycles. The summed E-state index contributed by atoms with van der Waals surface area (Å²) in [5, 5.41) is 0. The highest BCUT2D eigenvalue weighted by molar-refractivity contribution is 5.83. The van der Waals surface area contributed by atoms with Crippen LogP contribution in [0.4, 0.5) is 0 Å². The molecule has 0 aliphatic heterocycles. The first-order valence-corrected chi connectivity index (χ1v) is 8.22. The third kappa shape index (κ3) is 2.65. The van der Waals surface area contributed by atoms with E-state index in [2.05, 4.69) is 109 Å². The lowest BCUT2D eigenvalue weighted by molar-refractivity contribution is 1.06. The SMILES string of the molecule is Cc1ccccc1-n1cc(-c2ccccc2)c(-c2ccccc2)c1. The van der Waals surface area contributed by atoms with Gasteiger partial charge in [-0.3, -0.25) is 0 Å². The van der Waals surface area contributed by atoms with Gasteiger partial charge in [0, 0.05) is 29.2 Å². The highest BCUT2D eigenvalue weighted by Crippen LogP contribution is 2.34. The summed E-state index contributed by atoms with van der Waals surface area (Å²) in [6, 6.07) is 29.7. The molecule has 0 spiro atoms. The van der Waals surface area contributed by atoms with E-state index in [1.165, 1.54) is 33.5 Å². The van der Waals surface area contributed by atoms with Gasteiger partial charge >= 0.3 is 0 Å². The Kier molecular flexibility index (Phi) is 3.76. The van der Waals surface area contributed by atoms with E-state index >= 15 is 0 Å². The van der Waals surface area contributed by atoms with Gasteiger partial charge in [-0.15, -0.1) is 0 Å². The maximum absolute atomic E-state index is 2.24. The fraction of sp³-hybridized carbons (Fsp3) is 0.0435. The molecule has 4 rings (SSSR count). The minimum absolute atomic E-state index is 1.22. The lowest BCUT2D eigenvalue weighted by Gasteiger charge is -2.06. The molecule has 1 heterocycles. The summed E-state index contributed by atoms with van der Waals surface area (Å²) in [5.41, 5.74) is 7.48. The smallest absolute Gasteiger partial charge is 0.0479 e. The highest BCUT2D eigenvalue weighted by Gasteiger charge is 2.12. The van der Waals surface area contributed by atoms with E-state index in [0.717, 1.165) is 0 Å². The van der Waals surface area contributed by atoms with Crippen LogP contribution in [-0.2, 0) is 0 Å². The van der Waals surface area contributed by atoms with Crippen LogP contribution in [0.5, 0.6) is 0 Å². The lowest BCUT2D eigenvalue weighted by Crippen LogP contribution is -1.92. The zero-order valence-corrected chi connectivity index (χ0v) is 13.7. The first-order chi connectivity index (χ1) is 11.8. The number of para-hydroxylation sites is 1. The molecule has 0 bridgehead atoms. The number of aromatic nitrogens is 1. The average molecular weight is 309 g/mol. The van der Waals surface area contributed by atoms with Gasteiger partial charge < -0.3 is 4.57 Å². The molecule has 24 heavy (non-hydrogen) atoms. The van der Waals surface area contributed by atoms with Gasteiger partial charge in [0.1, 0.15) is 0 Å². The Morgan fingerprint density at radius 2 is 1.00 bits per heavy atom. The molecule has 1 heteroatoms. The summed E-state index contributed by atoms with van der Waals surface area (Å²) in [7, 11) is 0. The molecule has 1 nitrogen and oxygen atoms in total. The summed E-state index contributed by atoms with van der Waals surface area (Å²) in [5.74, 6) is 0. The monoisotopic (exact) mass is 309 g/mol. The van der Waals surface area contributed by atoms with Crippen molar-refractivity contribution >= 4 is 0 Å². The predicted molar refractivity (Wildman–Crippen MR) is 101 cm³/mol. The van der Waals surface area contributed by atoms with Gasteiger partial charge in [0.25, 0.3) is 0 Å². The molecule has 4 aromatic rings. The van der Waals surface area contributed by atoms with Crippen LogP contribution in [0, 0.1) is 6.92 Å². The van der Waals surface area contributed by atoms with E-state index in [9.17, 15) is 0 Å². The third-order valence-electron chi connectivity index (χ3n) is 4.39. The molecular formula is C23H19N. The Balaban J connectivity index is 1.94. The topological polar surface area (TPSA) is 4.93 Å². The van der Waals surface area contributed by atoms with Crippen molar-refractivity contribution < 1.29 is 0 Å². The second kappa shape index (κ2) is 6.21. The van der Waals surface area contributed by atoms with Gasteiger partial charge in [-0.1, -0.05) is 78.9 Å². The second-order valence-corrected chi connectivity index (χ2v) is 6.01. The molecule has 0 unspecified atom stereocenters. The molecule has 3 aromatic carbocycles. The Bertz CT molecular complexity index is 893. The van der Waals surface area contributed by atoms with E-state index in [-0.39, 0.29) is 0 Å². The van der Waals surface area contributed by atoms with Gasteiger partial charge in [0.15, 0.2) is 0 Å². The third-order valence-corrected chi connectivity index (χ3v) is 4.39. The van der Waals surface area contributed by atoms with E-state index in [0.29, 0.717) is 0 Å². The van der Waals surface area contributed by atoms with Crippen molar-refractivity contribution in [3.8, 4) is 27.9 Å². The molecule has 0 aliphatic carbocycles. The molecule has 1 aromatic heterocycles. The van der Waals surface area contributed by atoms with Gasteiger partial charge in [-0.05, 0) is 29.7 Å². The number of benzene rings is 3. The molecule has 0 saturated carbocycles. The molecule has 0 aliphatic rings. The van der Waals surface area contributed by atoms with Crippen LogP contribution < -0.4 is 0 Å². The molecule has 0 N–H and O–H groups in total. The molecule has 0 atom stereocenters. The molecule has 0 fully saturated rings. The maximum atomic E-state index is 2.24. The summed E-state index contributed by atoms with van der Waals surface area (Å²) >= 11 is 0. The number of hydrogen-bond acceptors (Lipinski definition) is 0.